The summed E-state index contributed by atoms with van der Waals surface area (Å²) >= 11 is 0. The van der Waals surface area contributed by atoms with E-state index in [9.17, 15) is 14.4 Å². The second-order valence-electron chi connectivity index (χ2n) is 7.98. The lowest BCUT2D eigenvalue weighted by Crippen LogP contribution is -2.17. The largest absolute Gasteiger partial charge is 0.494 e. The number of ketones is 1. The van der Waals surface area contributed by atoms with E-state index in [1.165, 1.54) is 33.3 Å². The first-order valence-electron chi connectivity index (χ1n) is 11.4. The van der Waals surface area contributed by atoms with Crippen molar-refractivity contribution < 1.29 is 33.3 Å². The van der Waals surface area contributed by atoms with Gasteiger partial charge in [0.15, 0.2) is 18.1 Å². The Kier molecular flexibility index (Phi) is 8.37. The summed E-state index contributed by atoms with van der Waals surface area (Å²) in [6, 6.07) is 12.2. The SMILES string of the molecule is CCOc1ccc(-n2c(C)cc(C(=O)COC(=O)c3cc(OC)c(OC)cc3NC(C)=O)c2C)cc1. The lowest BCUT2D eigenvalue weighted by atomic mass is 10.1. The van der Waals surface area contributed by atoms with E-state index in [1.54, 1.807) is 6.07 Å². The van der Waals surface area contributed by atoms with Crippen LogP contribution in [0.15, 0.2) is 42.5 Å². The van der Waals surface area contributed by atoms with Crippen LogP contribution in [0, 0.1) is 13.8 Å². The number of aromatic nitrogens is 1. The van der Waals surface area contributed by atoms with E-state index in [2.05, 4.69) is 5.32 Å². The van der Waals surface area contributed by atoms with E-state index in [0.717, 1.165) is 22.8 Å². The smallest absolute Gasteiger partial charge is 0.340 e. The highest BCUT2D eigenvalue weighted by atomic mass is 16.5. The van der Waals surface area contributed by atoms with Gasteiger partial charge in [0, 0.05) is 41.7 Å². The molecule has 3 aromatic rings. The Balaban J connectivity index is 1.81. The van der Waals surface area contributed by atoms with Crippen LogP contribution in [0.5, 0.6) is 17.2 Å². The third kappa shape index (κ3) is 5.68. The molecule has 3 rings (SSSR count). The Morgan fingerprint density at radius 3 is 2.14 bits per heavy atom. The molecule has 1 N–H and O–H groups in total. The third-order valence-corrected chi connectivity index (χ3v) is 5.53. The highest BCUT2D eigenvalue weighted by Crippen LogP contribution is 2.34. The zero-order chi connectivity index (χ0) is 26.4. The molecule has 190 valence electrons. The minimum Gasteiger partial charge on any atom is -0.494 e. The summed E-state index contributed by atoms with van der Waals surface area (Å²) in [5.74, 6) is -0.141. The topological polar surface area (TPSA) is 105 Å². The minimum absolute atomic E-state index is 0.0375. The monoisotopic (exact) mass is 494 g/mol. The highest BCUT2D eigenvalue weighted by molar-refractivity contribution is 6.04. The summed E-state index contributed by atoms with van der Waals surface area (Å²) in [7, 11) is 2.87. The lowest BCUT2D eigenvalue weighted by Gasteiger charge is -2.14. The number of carbonyl (C=O) groups excluding carboxylic acids is 3. The first-order valence-corrected chi connectivity index (χ1v) is 11.4. The maximum atomic E-state index is 13.0. The van der Waals surface area contributed by atoms with Crippen LogP contribution >= 0.6 is 0 Å². The molecule has 0 aliphatic heterocycles. The summed E-state index contributed by atoms with van der Waals surface area (Å²) in [4.78, 5) is 37.5. The molecule has 0 spiro atoms. The van der Waals surface area contributed by atoms with Gasteiger partial charge in [-0.3, -0.25) is 9.59 Å². The minimum atomic E-state index is -0.784. The van der Waals surface area contributed by atoms with E-state index in [1.807, 2.05) is 49.6 Å². The van der Waals surface area contributed by atoms with Crippen molar-refractivity contribution >= 4 is 23.3 Å². The maximum absolute atomic E-state index is 13.0. The Morgan fingerprint density at radius 2 is 1.56 bits per heavy atom. The molecule has 0 radical (unpaired) electrons. The van der Waals surface area contributed by atoms with Crippen LogP contribution in [0.1, 0.15) is 46.0 Å². The van der Waals surface area contributed by atoms with Gasteiger partial charge >= 0.3 is 5.97 Å². The molecule has 1 heterocycles. The Hall–Kier alpha value is -4.27. The zero-order valence-corrected chi connectivity index (χ0v) is 21.3. The van der Waals surface area contributed by atoms with Gasteiger partial charge in [0.2, 0.25) is 11.7 Å². The number of amides is 1. The number of nitrogens with zero attached hydrogens (tertiary/aromatic N) is 1. The van der Waals surface area contributed by atoms with Gasteiger partial charge in [0.1, 0.15) is 5.75 Å². The molecule has 1 amide bonds. The van der Waals surface area contributed by atoms with E-state index < -0.39 is 12.6 Å². The summed E-state index contributed by atoms with van der Waals surface area (Å²) in [6.45, 7) is 7.08. The van der Waals surface area contributed by atoms with Gasteiger partial charge in [-0.1, -0.05) is 0 Å². The molecule has 0 saturated heterocycles. The number of hydrogen-bond acceptors (Lipinski definition) is 7. The van der Waals surface area contributed by atoms with Crippen LogP contribution in [-0.2, 0) is 9.53 Å². The van der Waals surface area contributed by atoms with Crippen molar-refractivity contribution in [3.63, 3.8) is 0 Å². The van der Waals surface area contributed by atoms with E-state index in [-0.39, 0.29) is 28.7 Å². The molecule has 9 nitrogen and oxygen atoms in total. The van der Waals surface area contributed by atoms with Crippen molar-refractivity contribution in [3.8, 4) is 22.9 Å². The Labute approximate surface area is 209 Å². The van der Waals surface area contributed by atoms with Gasteiger partial charge < -0.3 is 28.8 Å². The number of benzene rings is 2. The summed E-state index contributed by atoms with van der Waals surface area (Å²) in [5, 5.41) is 2.58. The fourth-order valence-electron chi connectivity index (χ4n) is 3.93. The van der Waals surface area contributed by atoms with Crippen LogP contribution in [0.2, 0.25) is 0 Å². The van der Waals surface area contributed by atoms with Gasteiger partial charge in [-0.05, 0) is 51.1 Å². The molecule has 0 aliphatic rings. The number of Topliss-reactive ketones (excluding diaryl/α,β-unsaturated/α-hetero) is 1. The van der Waals surface area contributed by atoms with Gasteiger partial charge in [-0.2, -0.15) is 0 Å². The second kappa shape index (κ2) is 11.4. The summed E-state index contributed by atoms with van der Waals surface area (Å²) < 4.78 is 23.3. The molecule has 0 bridgehead atoms. The second-order valence-corrected chi connectivity index (χ2v) is 7.98. The normalized spacial score (nSPS) is 10.5. The van der Waals surface area contributed by atoms with E-state index in [4.69, 9.17) is 18.9 Å². The molecular weight excluding hydrogens is 464 g/mol. The number of rotatable bonds is 10. The summed E-state index contributed by atoms with van der Waals surface area (Å²) in [5.41, 5.74) is 3.14. The third-order valence-electron chi connectivity index (χ3n) is 5.53. The molecular formula is C27H30N2O7. The first-order chi connectivity index (χ1) is 17.2. The number of methoxy groups -OCH3 is 2. The number of nitrogens with one attached hydrogen (secondary N) is 1. The standard InChI is InChI=1S/C27H30N2O7/c1-7-35-20-10-8-19(9-11-20)29-16(2)12-21(17(29)3)24(31)15-36-27(32)22-13-25(33-5)26(34-6)14-23(22)28-18(4)30/h8-14H,7,15H2,1-6H3,(H,28,30). The Morgan fingerprint density at radius 1 is 0.917 bits per heavy atom. The van der Waals surface area contributed by atoms with Crippen molar-refractivity contribution in [2.45, 2.75) is 27.7 Å². The van der Waals surface area contributed by atoms with Crippen LogP contribution in [0.4, 0.5) is 5.69 Å². The van der Waals surface area contributed by atoms with Crippen LogP contribution < -0.4 is 19.5 Å². The average Bonchev–Trinajstić information content (AvgIpc) is 3.16. The molecule has 0 saturated carbocycles. The van der Waals surface area contributed by atoms with E-state index in [0.29, 0.717) is 17.9 Å². The van der Waals surface area contributed by atoms with Crippen LogP contribution in [0.25, 0.3) is 5.69 Å². The number of aryl methyl sites for hydroxylation is 1. The van der Waals surface area contributed by atoms with Crippen molar-refractivity contribution in [1.29, 1.82) is 0 Å². The molecule has 0 fully saturated rings. The van der Waals surface area contributed by atoms with Gasteiger partial charge in [-0.25, -0.2) is 4.79 Å². The molecule has 0 unspecified atom stereocenters. The fourth-order valence-corrected chi connectivity index (χ4v) is 3.93. The number of carbonyl (C=O) groups is 3. The predicted octanol–water partition coefficient (Wildman–Crippen LogP) is 4.51. The number of ether oxygens (including phenoxy) is 4. The average molecular weight is 495 g/mol. The quantitative estimate of drug-likeness (QED) is 0.327. The van der Waals surface area contributed by atoms with Crippen molar-refractivity contribution in [2.24, 2.45) is 0 Å². The lowest BCUT2D eigenvalue weighted by molar-refractivity contribution is -0.114. The maximum Gasteiger partial charge on any atom is 0.340 e. The van der Waals surface area contributed by atoms with Crippen LogP contribution in [0.3, 0.4) is 0 Å². The fraction of sp³-hybridized carbons (Fsp3) is 0.296. The van der Waals surface area contributed by atoms with Crippen molar-refractivity contribution in [2.75, 3.05) is 32.8 Å². The highest BCUT2D eigenvalue weighted by Gasteiger charge is 2.22. The molecule has 1 aromatic heterocycles. The Bertz CT molecular complexity index is 1280. The predicted molar refractivity (Wildman–Crippen MR) is 135 cm³/mol. The van der Waals surface area contributed by atoms with Crippen LogP contribution in [-0.4, -0.2) is 49.7 Å². The molecule has 9 heteroatoms. The number of hydrogen-bond donors (Lipinski definition) is 1. The molecule has 0 aliphatic carbocycles. The molecule has 2 aromatic carbocycles. The van der Waals surface area contributed by atoms with E-state index >= 15 is 0 Å². The van der Waals surface area contributed by atoms with Gasteiger partial charge in [0.25, 0.3) is 0 Å². The van der Waals surface area contributed by atoms with Gasteiger partial charge in [0.05, 0.1) is 32.1 Å². The molecule has 36 heavy (non-hydrogen) atoms. The van der Waals surface area contributed by atoms with Crippen molar-refractivity contribution in [3.05, 3.63) is 65.0 Å². The first kappa shape index (κ1) is 26.3. The summed E-state index contributed by atoms with van der Waals surface area (Å²) in [6.07, 6.45) is 0. The van der Waals surface area contributed by atoms with Crippen molar-refractivity contribution in [1.82, 2.24) is 4.57 Å². The number of esters is 1. The number of anilines is 1. The van der Waals surface area contributed by atoms with Gasteiger partial charge in [-0.15, -0.1) is 0 Å². The molecule has 0 atom stereocenters. The zero-order valence-electron chi connectivity index (χ0n) is 21.3.